The van der Waals surface area contributed by atoms with Gasteiger partial charge in [-0.1, -0.05) is 46.5 Å². The highest BCUT2D eigenvalue weighted by Crippen LogP contribution is 2.28. The lowest BCUT2D eigenvalue weighted by Crippen LogP contribution is -2.57. The minimum Gasteiger partial charge on any atom is -0.311 e. The summed E-state index contributed by atoms with van der Waals surface area (Å²) in [7, 11) is 0. The van der Waals surface area contributed by atoms with Gasteiger partial charge in [0.25, 0.3) is 0 Å². The fraction of sp³-hybridized carbons (Fsp3) is 1.00. The zero-order valence-corrected chi connectivity index (χ0v) is 12.6. The van der Waals surface area contributed by atoms with Gasteiger partial charge in [0, 0.05) is 31.7 Å². The second-order valence-electron chi connectivity index (χ2n) is 6.62. The Morgan fingerprint density at radius 2 is 2.00 bits per heavy atom. The van der Waals surface area contributed by atoms with E-state index in [9.17, 15) is 0 Å². The second kappa shape index (κ2) is 6.91. The quantitative estimate of drug-likeness (QED) is 0.776. The van der Waals surface area contributed by atoms with Crippen molar-refractivity contribution in [3.8, 4) is 0 Å². The lowest BCUT2D eigenvalue weighted by molar-refractivity contribution is 0.0877. The van der Waals surface area contributed by atoms with Gasteiger partial charge in [0.05, 0.1) is 0 Å². The summed E-state index contributed by atoms with van der Waals surface area (Å²) >= 11 is 0. The molecule has 2 nitrogen and oxygen atoms in total. The van der Waals surface area contributed by atoms with Gasteiger partial charge in [-0.15, -0.1) is 0 Å². The van der Waals surface area contributed by atoms with E-state index in [-0.39, 0.29) is 0 Å². The molecule has 106 valence electrons. The van der Waals surface area contributed by atoms with Crippen LogP contribution in [0.2, 0.25) is 0 Å². The van der Waals surface area contributed by atoms with Crippen LogP contribution in [0.15, 0.2) is 0 Å². The van der Waals surface area contributed by atoms with E-state index in [0.717, 1.165) is 23.9 Å². The third kappa shape index (κ3) is 3.48. The van der Waals surface area contributed by atoms with E-state index in [4.69, 9.17) is 0 Å². The smallest absolute Gasteiger partial charge is 0.0221 e. The van der Waals surface area contributed by atoms with E-state index in [1.165, 1.54) is 58.2 Å². The van der Waals surface area contributed by atoms with Gasteiger partial charge in [-0.05, 0) is 24.7 Å². The first-order chi connectivity index (χ1) is 8.72. The Morgan fingerprint density at radius 1 is 1.22 bits per heavy atom. The summed E-state index contributed by atoms with van der Waals surface area (Å²) in [5, 5.41) is 3.73. The second-order valence-corrected chi connectivity index (χ2v) is 6.62. The molecule has 2 aliphatic rings. The van der Waals surface area contributed by atoms with Crippen molar-refractivity contribution in [2.24, 2.45) is 11.8 Å². The molecular formula is C16H32N2. The maximum Gasteiger partial charge on any atom is 0.0221 e. The highest BCUT2D eigenvalue weighted by atomic mass is 15.2. The summed E-state index contributed by atoms with van der Waals surface area (Å²) in [5.41, 5.74) is 0. The van der Waals surface area contributed by atoms with Gasteiger partial charge in [0.1, 0.15) is 0 Å². The van der Waals surface area contributed by atoms with Gasteiger partial charge >= 0.3 is 0 Å². The maximum absolute atomic E-state index is 3.73. The first kappa shape index (κ1) is 14.3. The Labute approximate surface area is 114 Å². The normalized spacial score (nSPS) is 37.2. The van der Waals surface area contributed by atoms with Crippen LogP contribution in [-0.2, 0) is 0 Å². The number of piperazine rings is 1. The molecule has 4 atom stereocenters. The molecule has 2 rings (SSSR count). The van der Waals surface area contributed by atoms with Crippen molar-refractivity contribution < 1.29 is 0 Å². The summed E-state index contributed by atoms with van der Waals surface area (Å²) in [6.07, 6.45) is 8.55. The molecule has 18 heavy (non-hydrogen) atoms. The van der Waals surface area contributed by atoms with Gasteiger partial charge in [-0.25, -0.2) is 0 Å². The van der Waals surface area contributed by atoms with Crippen LogP contribution in [0.1, 0.15) is 59.3 Å². The highest BCUT2D eigenvalue weighted by Gasteiger charge is 2.31. The molecule has 2 heteroatoms. The summed E-state index contributed by atoms with van der Waals surface area (Å²) in [6.45, 7) is 10.9. The molecule has 0 bridgehead atoms. The Kier molecular flexibility index (Phi) is 5.50. The van der Waals surface area contributed by atoms with E-state index in [1.807, 2.05) is 0 Å². The topological polar surface area (TPSA) is 15.3 Å². The van der Waals surface area contributed by atoms with Crippen LogP contribution in [0.4, 0.5) is 0 Å². The Balaban J connectivity index is 1.94. The van der Waals surface area contributed by atoms with Crippen LogP contribution >= 0.6 is 0 Å². The lowest BCUT2D eigenvalue weighted by Gasteiger charge is -2.42. The Morgan fingerprint density at radius 3 is 2.78 bits per heavy atom. The first-order valence-corrected chi connectivity index (χ1v) is 8.19. The number of nitrogens with one attached hydrogen (secondary N) is 1. The van der Waals surface area contributed by atoms with E-state index < -0.39 is 0 Å². The fourth-order valence-corrected chi connectivity index (χ4v) is 3.78. The summed E-state index contributed by atoms with van der Waals surface area (Å²) < 4.78 is 0. The molecular weight excluding hydrogens is 220 g/mol. The van der Waals surface area contributed by atoms with Gasteiger partial charge in [-0.3, -0.25) is 4.90 Å². The van der Waals surface area contributed by atoms with Gasteiger partial charge in [0.2, 0.25) is 0 Å². The molecule has 1 aliphatic heterocycles. The third-order valence-corrected chi connectivity index (χ3v) is 5.35. The van der Waals surface area contributed by atoms with Crippen LogP contribution in [0.5, 0.6) is 0 Å². The maximum atomic E-state index is 3.73. The van der Waals surface area contributed by atoms with Crippen molar-refractivity contribution >= 4 is 0 Å². The number of hydrogen-bond donors (Lipinski definition) is 1. The van der Waals surface area contributed by atoms with Crippen LogP contribution in [0, 0.1) is 11.8 Å². The lowest BCUT2D eigenvalue weighted by atomic mass is 9.91. The zero-order chi connectivity index (χ0) is 13.0. The van der Waals surface area contributed by atoms with Crippen molar-refractivity contribution in [2.45, 2.75) is 71.4 Å². The van der Waals surface area contributed by atoms with Gasteiger partial charge in [0.15, 0.2) is 0 Å². The Bertz CT molecular complexity index is 241. The van der Waals surface area contributed by atoms with Crippen LogP contribution in [-0.4, -0.2) is 36.6 Å². The van der Waals surface area contributed by atoms with E-state index in [0.29, 0.717) is 0 Å². The fourth-order valence-electron chi connectivity index (χ4n) is 3.78. The molecule has 1 N–H and O–H groups in total. The number of hydrogen-bond acceptors (Lipinski definition) is 2. The summed E-state index contributed by atoms with van der Waals surface area (Å²) in [6, 6.07) is 1.58. The minimum atomic E-state index is 0.721. The minimum absolute atomic E-state index is 0.721. The molecule has 0 amide bonds. The molecule has 1 heterocycles. The monoisotopic (exact) mass is 252 g/mol. The van der Waals surface area contributed by atoms with Crippen LogP contribution in [0.3, 0.4) is 0 Å². The predicted molar refractivity (Wildman–Crippen MR) is 78.9 cm³/mol. The molecule has 1 saturated carbocycles. The summed E-state index contributed by atoms with van der Waals surface area (Å²) in [4.78, 5) is 2.81. The van der Waals surface area contributed by atoms with Crippen molar-refractivity contribution in [1.29, 1.82) is 0 Å². The molecule has 1 saturated heterocycles. The third-order valence-electron chi connectivity index (χ3n) is 5.35. The zero-order valence-electron chi connectivity index (χ0n) is 12.6. The number of nitrogens with zero attached hydrogens (tertiary/aromatic N) is 1. The van der Waals surface area contributed by atoms with Crippen molar-refractivity contribution in [3.05, 3.63) is 0 Å². The predicted octanol–water partition coefficient (Wildman–Crippen LogP) is 3.28. The summed E-state index contributed by atoms with van der Waals surface area (Å²) in [5.74, 6) is 1.72. The van der Waals surface area contributed by atoms with Crippen molar-refractivity contribution in [1.82, 2.24) is 10.2 Å². The van der Waals surface area contributed by atoms with E-state index >= 15 is 0 Å². The van der Waals surface area contributed by atoms with Crippen LogP contribution < -0.4 is 5.32 Å². The van der Waals surface area contributed by atoms with E-state index in [2.05, 4.69) is 31.0 Å². The molecule has 0 spiro atoms. The Hall–Kier alpha value is -0.0800. The molecule has 1 aliphatic carbocycles. The molecule has 0 aromatic heterocycles. The van der Waals surface area contributed by atoms with Crippen LogP contribution in [0.25, 0.3) is 0 Å². The average Bonchev–Trinajstić information content (AvgIpc) is 2.62. The van der Waals surface area contributed by atoms with Crippen molar-refractivity contribution in [3.63, 3.8) is 0 Å². The molecule has 4 unspecified atom stereocenters. The SMILES string of the molecule is CCC(C)C1CN(C2CCCCCC2C)CCN1. The van der Waals surface area contributed by atoms with Crippen molar-refractivity contribution in [2.75, 3.05) is 19.6 Å². The van der Waals surface area contributed by atoms with E-state index in [1.54, 1.807) is 0 Å². The number of rotatable bonds is 3. The standard InChI is InChI=1S/C16H32N2/c1-4-13(2)15-12-18(11-10-17-15)16-9-7-5-6-8-14(16)3/h13-17H,4-12H2,1-3H3. The first-order valence-electron chi connectivity index (χ1n) is 8.19. The average molecular weight is 252 g/mol. The molecule has 2 fully saturated rings. The van der Waals surface area contributed by atoms with Gasteiger partial charge < -0.3 is 5.32 Å². The highest BCUT2D eigenvalue weighted by molar-refractivity contribution is 4.88. The molecule has 0 aromatic rings. The molecule has 0 radical (unpaired) electrons. The van der Waals surface area contributed by atoms with Gasteiger partial charge in [-0.2, -0.15) is 0 Å². The largest absolute Gasteiger partial charge is 0.311 e. The molecule has 0 aromatic carbocycles.